The van der Waals surface area contributed by atoms with E-state index < -0.39 is 0 Å². The summed E-state index contributed by atoms with van der Waals surface area (Å²) in [5, 5.41) is 5.90. The molecule has 2 nitrogen and oxygen atoms in total. The molecule has 0 saturated carbocycles. The molecule has 11 aromatic rings. The SMILES string of the molecule is Fc1ccc2c3ccc(F)cc3c3c(-c4ccc5ccccc5c4)c(-c4ccc(N(c5ccc(-c6ccccc6)cc5)c5ccc(-c6ccccc6)cc5)cc4)oc3c2c1. The summed E-state index contributed by atoms with van der Waals surface area (Å²) < 4.78 is 37.2. The van der Waals surface area contributed by atoms with Gasteiger partial charge in [-0.3, -0.25) is 0 Å². The zero-order chi connectivity index (χ0) is 40.2. The van der Waals surface area contributed by atoms with Gasteiger partial charge in [-0.2, -0.15) is 0 Å². The van der Waals surface area contributed by atoms with E-state index in [1.165, 1.54) is 18.2 Å². The molecular weight excluding hydrogens is 741 g/mol. The number of hydrogen-bond acceptors (Lipinski definition) is 2. The maximum absolute atomic E-state index is 15.2. The van der Waals surface area contributed by atoms with E-state index in [0.29, 0.717) is 22.1 Å². The van der Waals surface area contributed by atoms with Crippen LogP contribution in [-0.2, 0) is 0 Å². The van der Waals surface area contributed by atoms with Crippen LogP contribution in [0.2, 0.25) is 0 Å². The standard InChI is InChI=1S/C56H35F2NO/c57-44-23-31-49-50-32-24-45(58)35-52(50)56-54(51(49)34-44)53(43-16-15-38-13-7-8-14-42(38)33-43)55(60-56)41-21-29-48(30-22-41)59(46-25-17-39(18-26-46)36-9-3-1-4-10-36)47-27-19-40(20-28-47)37-11-5-2-6-12-37/h1-35H. The molecule has 0 fully saturated rings. The number of nitrogens with zero attached hydrogens (tertiary/aromatic N) is 1. The van der Waals surface area contributed by atoms with Gasteiger partial charge < -0.3 is 9.32 Å². The Morgan fingerprint density at radius 2 is 0.783 bits per heavy atom. The molecule has 1 heterocycles. The molecule has 4 heteroatoms. The summed E-state index contributed by atoms with van der Waals surface area (Å²) >= 11 is 0. The Labute approximate surface area is 345 Å². The molecule has 0 aliphatic carbocycles. The summed E-state index contributed by atoms with van der Waals surface area (Å²) in [7, 11) is 0. The lowest BCUT2D eigenvalue weighted by molar-refractivity contribution is 0.625. The predicted octanol–water partition coefficient (Wildman–Crippen LogP) is 16.3. The van der Waals surface area contributed by atoms with Crippen LogP contribution in [0.3, 0.4) is 0 Å². The first-order chi connectivity index (χ1) is 29.6. The maximum Gasteiger partial charge on any atom is 0.144 e. The molecule has 0 aliphatic heterocycles. The smallest absolute Gasteiger partial charge is 0.144 e. The van der Waals surface area contributed by atoms with Crippen LogP contribution in [0.15, 0.2) is 217 Å². The lowest BCUT2D eigenvalue weighted by Gasteiger charge is -2.26. The molecule has 0 atom stereocenters. The highest BCUT2D eigenvalue weighted by molar-refractivity contribution is 6.28. The first kappa shape index (κ1) is 35.4. The number of anilines is 3. The highest BCUT2D eigenvalue weighted by atomic mass is 19.1. The minimum Gasteiger partial charge on any atom is -0.455 e. The molecule has 0 radical (unpaired) electrons. The number of benzene rings is 10. The fraction of sp³-hybridized carbons (Fsp3) is 0. The van der Waals surface area contributed by atoms with Crippen LogP contribution in [0.1, 0.15) is 0 Å². The first-order valence-electron chi connectivity index (χ1n) is 20.0. The van der Waals surface area contributed by atoms with E-state index in [1.807, 2.05) is 24.3 Å². The predicted molar refractivity (Wildman–Crippen MR) is 245 cm³/mol. The van der Waals surface area contributed by atoms with Gasteiger partial charge in [-0.05, 0) is 134 Å². The molecule has 0 aliphatic rings. The second kappa shape index (κ2) is 14.5. The molecule has 0 unspecified atom stereocenters. The van der Waals surface area contributed by atoms with Crippen molar-refractivity contribution in [1.82, 2.24) is 0 Å². The van der Waals surface area contributed by atoms with Gasteiger partial charge in [0.05, 0.1) is 0 Å². The van der Waals surface area contributed by atoms with Crippen molar-refractivity contribution in [1.29, 1.82) is 0 Å². The Morgan fingerprint density at radius 1 is 0.333 bits per heavy atom. The van der Waals surface area contributed by atoms with Crippen molar-refractivity contribution in [2.75, 3.05) is 4.90 Å². The van der Waals surface area contributed by atoms with E-state index in [9.17, 15) is 0 Å². The molecule has 11 rings (SSSR count). The van der Waals surface area contributed by atoms with E-state index in [0.717, 1.165) is 82.9 Å². The molecule has 0 saturated heterocycles. The Hall–Kier alpha value is -7.82. The van der Waals surface area contributed by atoms with E-state index in [-0.39, 0.29) is 11.6 Å². The Bertz CT molecular complexity index is 3270. The number of hydrogen-bond donors (Lipinski definition) is 0. The van der Waals surface area contributed by atoms with Crippen molar-refractivity contribution < 1.29 is 13.2 Å². The van der Waals surface area contributed by atoms with Crippen LogP contribution in [0.5, 0.6) is 0 Å². The van der Waals surface area contributed by atoms with Crippen LogP contribution in [0.25, 0.3) is 88.0 Å². The quantitative estimate of drug-likeness (QED) is 0.150. The zero-order valence-electron chi connectivity index (χ0n) is 32.3. The van der Waals surface area contributed by atoms with Gasteiger partial charge in [-0.1, -0.05) is 133 Å². The van der Waals surface area contributed by atoms with Crippen molar-refractivity contribution in [3.8, 4) is 44.7 Å². The van der Waals surface area contributed by atoms with Gasteiger partial charge in [0.15, 0.2) is 0 Å². The minimum absolute atomic E-state index is 0.351. The highest BCUT2D eigenvalue weighted by Gasteiger charge is 2.24. The fourth-order valence-electron chi connectivity index (χ4n) is 8.67. The van der Waals surface area contributed by atoms with E-state index >= 15 is 8.78 Å². The molecule has 10 aromatic carbocycles. The van der Waals surface area contributed by atoms with E-state index in [4.69, 9.17) is 4.42 Å². The third-order valence-electron chi connectivity index (χ3n) is 11.6. The number of fused-ring (bicyclic) bond motifs is 7. The van der Waals surface area contributed by atoms with Crippen LogP contribution in [0, 0.1) is 11.6 Å². The Balaban J connectivity index is 1.10. The van der Waals surface area contributed by atoms with Gasteiger partial charge in [0, 0.05) is 39.0 Å². The van der Waals surface area contributed by atoms with E-state index in [1.54, 1.807) is 18.2 Å². The summed E-state index contributed by atoms with van der Waals surface area (Å²) in [5.41, 5.74) is 10.7. The second-order valence-corrected chi connectivity index (χ2v) is 15.2. The van der Waals surface area contributed by atoms with Crippen molar-refractivity contribution in [3.63, 3.8) is 0 Å². The topological polar surface area (TPSA) is 16.4 Å². The molecule has 60 heavy (non-hydrogen) atoms. The zero-order valence-corrected chi connectivity index (χ0v) is 32.3. The van der Waals surface area contributed by atoms with Crippen LogP contribution < -0.4 is 4.90 Å². The van der Waals surface area contributed by atoms with Crippen LogP contribution >= 0.6 is 0 Å². The van der Waals surface area contributed by atoms with Crippen LogP contribution in [-0.4, -0.2) is 0 Å². The number of halogens is 2. The fourth-order valence-corrected chi connectivity index (χ4v) is 8.67. The largest absolute Gasteiger partial charge is 0.455 e. The van der Waals surface area contributed by atoms with Gasteiger partial charge >= 0.3 is 0 Å². The summed E-state index contributed by atoms with van der Waals surface area (Å²) in [6.07, 6.45) is 0. The van der Waals surface area contributed by atoms with Crippen molar-refractivity contribution in [2.45, 2.75) is 0 Å². The molecule has 0 bridgehead atoms. The van der Waals surface area contributed by atoms with Gasteiger partial charge in [0.1, 0.15) is 23.0 Å². The molecule has 284 valence electrons. The van der Waals surface area contributed by atoms with Crippen molar-refractivity contribution >= 4 is 60.3 Å². The summed E-state index contributed by atoms with van der Waals surface area (Å²) in [6, 6.07) is 70.5. The first-order valence-corrected chi connectivity index (χ1v) is 20.0. The Morgan fingerprint density at radius 3 is 1.35 bits per heavy atom. The van der Waals surface area contributed by atoms with Gasteiger partial charge in [0.25, 0.3) is 0 Å². The number of furan rings is 1. The van der Waals surface area contributed by atoms with E-state index in [2.05, 4.69) is 157 Å². The summed E-state index contributed by atoms with van der Waals surface area (Å²) in [5.74, 6) is -0.0934. The monoisotopic (exact) mass is 775 g/mol. The number of rotatable bonds is 7. The average molecular weight is 776 g/mol. The molecule has 0 spiro atoms. The Kier molecular flexibility index (Phi) is 8.56. The molecular formula is C56H35F2NO. The molecule has 1 aromatic heterocycles. The third-order valence-corrected chi connectivity index (χ3v) is 11.6. The average Bonchev–Trinajstić information content (AvgIpc) is 3.72. The van der Waals surface area contributed by atoms with Gasteiger partial charge in [-0.25, -0.2) is 8.78 Å². The van der Waals surface area contributed by atoms with Crippen molar-refractivity contribution in [3.05, 3.63) is 224 Å². The lowest BCUT2D eigenvalue weighted by atomic mass is 9.91. The van der Waals surface area contributed by atoms with Gasteiger partial charge in [0.2, 0.25) is 0 Å². The second-order valence-electron chi connectivity index (χ2n) is 15.2. The summed E-state index contributed by atoms with van der Waals surface area (Å²) in [6.45, 7) is 0. The highest BCUT2D eigenvalue weighted by Crippen LogP contribution is 2.48. The lowest BCUT2D eigenvalue weighted by Crippen LogP contribution is -2.09. The molecule has 0 amide bonds. The van der Waals surface area contributed by atoms with Gasteiger partial charge in [-0.15, -0.1) is 0 Å². The normalized spacial score (nSPS) is 11.5. The maximum atomic E-state index is 15.2. The molecule has 0 N–H and O–H groups in total. The van der Waals surface area contributed by atoms with Crippen molar-refractivity contribution in [2.24, 2.45) is 0 Å². The minimum atomic E-state index is -0.367. The summed E-state index contributed by atoms with van der Waals surface area (Å²) in [4.78, 5) is 2.25. The van der Waals surface area contributed by atoms with Crippen LogP contribution in [0.4, 0.5) is 25.8 Å². The third kappa shape index (κ3) is 6.18.